The number of aromatic nitrogens is 1. The highest BCUT2D eigenvalue weighted by Crippen LogP contribution is 2.53. The fraction of sp³-hybridized carbons (Fsp3) is 0.414. The molecule has 1 amide bonds. The van der Waals surface area contributed by atoms with Gasteiger partial charge in [0.25, 0.3) is 5.91 Å². The first-order chi connectivity index (χ1) is 20.4. The summed E-state index contributed by atoms with van der Waals surface area (Å²) in [7, 11) is -3.76. The smallest absolute Gasteiger partial charge is 0.344 e. The number of benzene rings is 2. The van der Waals surface area contributed by atoms with Gasteiger partial charge in [-0.05, 0) is 62.4 Å². The van der Waals surface area contributed by atoms with Crippen LogP contribution >= 0.6 is 23.2 Å². The van der Waals surface area contributed by atoms with Gasteiger partial charge in [0.1, 0.15) is 23.2 Å². The highest BCUT2D eigenvalue weighted by atomic mass is 35.5. The number of ether oxygens (including phenoxy) is 1. The van der Waals surface area contributed by atoms with E-state index in [1.165, 1.54) is 12.1 Å². The van der Waals surface area contributed by atoms with Crippen molar-refractivity contribution in [2.75, 3.05) is 11.4 Å². The van der Waals surface area contributed by atoms with E-state index in [-0.39, 0.29) is 68.7 Å². The molecule has 4 aliphatic rings. The third kappa shape index (κ3) is 5.06. The number of anilines is 1. The summed E-state index contributed by atoms with van der Waals surface area (Å²) >= 11 is 12.7. The zero-order chi connectivity index (χ0) is 30.3. The standard InChI is InChI=1S/C29H25Cl2F2N3O6S/c30-18-2-1-3-19(31)23(18)25-24(26(42-34-25)29(33)8-9-29)28(38)41-22-12-16-10-15(22)13-36(16)21-7-4-14(11-20(21)32)27(37)35-43(39,40)17-5-6-17/h1-4,7,11,15-17,22H,5-6,8-10,12-13H2,(H,35,37). The number of carbonyl (C=O) groups is 2. The molecule has 3 unspecified atom stereocenters. The molecule has 14 heteroatoms. The minimum Gasteiger partial charge on any atom is -0.458 e. The maximum Gasteiger partial charge on any atom is 0.344 e. The maximum absolute atomic E-state index is 15.2. The summed E-state index contributed by atoms with van der Waals surface area (Å²) in [6.45, 7) is 0.383. The summed E-state index contributed by atoms with van der Waals surface area (Å²) in [6.07, 6.45) is 1.89. The first-order valence-electron chi connectivity index (χ1n) is 13.9. The van der Waals surface area contributed by atoms with Crippen LogP contribution in [-0.4, -0.2) is 49.4 Å². The molecular formula is C29H25Cl2F2N3O6S. The van der Waals surface area contributed by atoms with Crippen LogP contribution in [0.5, 0.6) is 0 Å². The molecule has 1 aromatic heterocycles. The van der Waals surface area contributed by atoms with Gasteiger partial charge < -0.3 is 14.2 Å². The Bertz CT molecular complexity index is 1750. The van der Waals surface area contributed by atoms with E-state index in [2.05, 4.69) is 5.16 Å². The SMILES string of the molecule is O=C(NS(=O)(=O)C1CC1)c1ccc(N2CC3CC2CC3OC(=O)c2c(-c3c(Cl)cccc3Cl)noc2C2(F)CC2)c(F)c1. The fourth-order valence-corrected chi connectivity index (χ4v) is 7.97. The monoisotopic (exact) mass is 651 g/mol. The molecule has 43 heavy (non-hydrogen) atoms. The second-order valence-electron chi connectivity index (χ2n) is 11.6. The van der Waals surface area contributed by atoms with Crippen LogP contribution < -0.4 is 9.62 Å². The molecule has 3 saturated carbocycles. The van der Waals surface area contributed by atoms with Crippen molar-refractivity contribution in [2.45, 2.75) is 61.6 Å². The molecule has 226 valence electrons. The van der Waals surface area contributed by atoms with Gasteiger partial charge in [-0.15, -0.1) is 0 Å². The zero-order valence-corrected chi connectivity index (χ0v) is 24.8. The fourth-order valence-electron chi connectivity index (χ4n) is 6.09. The summed E-state index contributed by atoms with van der Waals surface area (Å²) in [5.74, 6) is -2.66. The summed E-state index contributed by atoms with van der Waals surface area (Å²) in [5.41, 5.74) is -1.53. The van der Waals surface area contributed by atoms with Gasteiger partial charge in [-0.25, -0.2) is 26.7 Å². The summed E-state index contributed by atoms with van der Waals surface area (Å²) in [6, 6.07) is 8.50. The van der Waals surface area contributed by atoms with Crippen molar-refractivity contribution in [3.05, 3.63) is 69.1 Å². The Balaban J connectivity index is 1.07. The lowest BCUT2D eigenvalue weighted by molar-refractivity contribution is 0.0187. The quantitative estimate of drug-likeness (QED) is 0.304. The third-order valence-corrected chi connectivity index (χ3v) is 11.1. The number of piperidine rings is 1. The predicted molar refractivity (Wildman–Crippen MR) is 153 cm³/mol. The van der Waals surface area contributed by atoms with Crippen LogP contribution in [0.4, 0.5) is 14.5 Å². The van der Waals surface area contributed by atoms with Crippen molar-refractivity contribution < 1.29 is 36.0 Å². The number of rotatable bonds is 8. The lowest BCUT2D eigenvalue weighted by Gasteiger charge is -2.33. The van der Waals surface area contributed by atoms with Crippen molar-refractivity contribution in [1.29, 1.82) is 0 Å². The molecule has 1 saturated heterocycles. The summed E-state index contributed by atoms with van der Waals surface area (Å²) in [4.78, 5) is 27.8. The van der Waals surface area contributed by atoms with E-state index in [1.54, 1.807) is 18.2 Å². The molecule has 1 N–H and O–H groups in total. The largest absolute Gasteiger partial charge is 0.458 e. The van der Waals surface area contributed by atoms with E-state index in [9.17, 15) is 18.0 Å². The van der Waals surface area contributed by atoms with Crippen LogP contribution in [0, 0.1) is 11.7 Å². The van der Waals surface area contributed by atoms with Crippen LogP contribution in [0.3, 0.4) is 0 Å². The van der Waals surface area contributed by atoms with Gasteiger partial charge in [-0.1, -0.05) is 34.4 Å². The number of alkyl halides is 1. The molecule has 3 atom stereocenters. The number of carbonyl (C=O) groups excluding carboxylic acids is 2. The number of amides is 1. The second-order valence-corrected chi connectivity index (χ2v) is 14.4. The molecule has 3 aliphatic carbocycles. The van der Waals surface area contributed by atoms with Crippen molar-refractivity contribution in [3.8, 4) is 11.3 Å². The predicted octanol–water partition coefficient (Wildman–Crippen LogP) is 5.79. The Morgan fingerprint density at radius 1 is 1.12 bits per heavy atom. The van der Waals surface area contributed by atoms with Gasteiger partial charge in [-0.3, -0.25) is 4.79 Å². The first-order valence-corrected chi connectivity index (χ1v) is 16.2. The number of nitrogens with zero attached hydrogens (tertiary/aromatic N) is 2. The molecule has 2 bridgehead atoms. The van der Waals surface area contributed by atoms with Gasteiger partial charge >= 0.3 is 5.97 Å². The Morgan fingerprint density at radius 3 is 2.44 bits per heavy atom. The molecule has 0 spiro atoms. The molecule has 4 fully saturated rings. The summed E-state index contributed by atoms with van der Waals surface area (Å²) < 4.78 is 67.8. The van der Waals surface area contributed by atoms with E-state index in [0.717, 1.165) is 6.07 Å². The van der Waals surface area contributed by atoms with E-state index in [4.69, 9.17) is 32.5 Å². The van der Waals surface area contributed by atoms with Crippen LogP contribution in [0.25, 0.3) is 11.3 Å². The molecule has 2 heterocycles. The minimum atomic E-state index is -3.76. The minimum absolute atomic E-state index is 0.0143. The molecule has 9 nitrogen and oxygen atoms in total. The topological polar surface area (TPSA) is 119 Å². The van der Waals surface area contributed by atoms with E-state index in [1.807, 2.05) is 9.62 Å². The zero-order valence-electron chi connectivity index (χ0n) is 22.5. The molecular weight excluding hydrogens is 627 g/mol. The number of hydrogen-bond donors (Lipinski definition) is 1. The molecule has 7 rings (SSSR count). The van der Waals surface area contributed by atoms with Crippen molar-refractivity contribution in [3.63, 3.8) is 0 Å². The maximum atomic E-state index is 15.2. The Kier molecular flexibility index (Phi) is 6.75. The van der Waals surface area contributed by atoms with Crippen molar-refractivity contribution >= 4 is 50.8 Å². The molecule has 2 aromatic carbocycles. The number of halogens is 4. The number of fused-ring (bicyclic) bond motifs is 2. The first kappa shape index (κ1) is 28.5. The van der Waals surface area contributed by atoms with E-state index in [0.29, 0.717) is 32.2 Å². The molecule has 0 radical (unpaired) electrons. The third-order valence-electron chi connectivity index (χ3n) is 8.64. The van der Waals surface area contributed by atoms with Crippen LogP contribution in [0.2, 0.25) is 10.0 Å². The summed E-state index contributed by atoms with van der Waals surface area (Å²) in [5, 5.41) is 3.83. The van der Waals surface area contributed by atoms with E-state index < -0.39 is 44.7 Å². The van der Waals surface area contributed by atoms with Gasteiger partial charge in [0, 0.05) is 36.1 Å². The van der Waals surface area contributed by atoms with Gasteiger partial charge in [0.2, 0.25) is 10.0 Å². The Hall–Kier alpha value is -3.22. The molecule has 1 aliphatic heterocycles. The van der Waals surface area contributed by atoms with Gasteiger partial charge in [0.05, 0.1) is 21.0 Å². The van der Waals surface area contributed by atoms with Crippen LogP contribution in [0.1, 0.15) is 65.0 Å². The second kappa shape index (κ2) is 10.2. The van der Waals surface area contributed by atoms with Gasteiger partial charge in [0.15, 0.2) is 11.4 Å². The normalized spacial score (nSPS) is 23.8. The molecule has 3 aromatic rings. The highest BCUT2D eigenvalue weighted by Gasteiger charge is 2.53. The van der Waals surface area contributed by atoms with Crippen LogP contribution in [0.15, 0.2) is 40.9 Å². The van der Waals surface area contributed by atoms with Crippen LogP contribution in [-0.2, 0) is 20.4 Å². The number of esters is 1. The Morgan fingerprint density at radius 2 is 1.84 bits per heavy atom. The average molecular weight is 653 g/mol. The number of hydrogen-bond acceptors (Lipinski definition) is 8. The number of sulfonamides is 1. The Labute approximate surface area is 255 Å². The van der Waals surface area contributed by atoms with Gasteiger partial charge in [-0.2, -0.15) is 0 Å². The van der Waals surface area contributed by atoms with Crippen molar-refractivity contribution in [2.24, 2.45) is 5.92 Å². The number of nitrogens with one attached hydrogen (secondary N) is 1. The lowest BCUT2D eigenvalue weighted by Crippen LogP contribution is -2.40. The van der Waals surface area contributed by atoms with E-state index >= 15 is 8.78 Å². The highest BCUT2D eigenvalue weighted by molar-refractivity contribution is 7.91. The lowest BCUT2D eigenvalue weighted by atomic mass is 10.0. The van der Waals surface area contributed by atoms with Crippen molar-refractivity contribution in [1.82, 2.24) is 9.88 Å². The average Bonchev–Trinajstić information content (AvgIpc) is 3.82.